The monoisotopic (exact) mass is 315 g/mol. The standard InChI is InChI=1S/C16H17N3O2S/c20-15-6-5-14(19(15)11-13-4-2-8-22-13)16(21)18-10-12-3-1-7-17-9-12/h1-4,7-9,14H,5-6,10-11H2,(H,18,21)/t14-/m1/s1. The van der Waals surface area contributed by atoms with E-state index >= 15 is 0 Å². The Morgan fingerprint density at radius 1 is 1.41 bits per heavy atom. The summed E-state index contributed by atoms with van der Waals surface area (Å²) in [6.45, 7) is 0.950. The molecular formula is C16H17N3O2S. The Morgan fingerprint density at radius 2 is 2.32 bits per heavy atom. The van der Waals surface area contributed by atoms with E-state index in [0.717, 1.165) is 10.4 Å². The van der Waals surface area contributed by atoms with Gasteiger partial charge in [-0.25, -0.2) is 0 Å². The van der Waals surface area contributed by atoms with Crippen molar-refractivity contribution in [2.75, 3.05) is 0 Å². The van der Waals surface area contributed by atoms with Crippen LogP contribution < -0.4 is 5.32 Å². The smallest absolute Gasteiger partial charge is 0.243 e. The molecule has 6 heteroatoms. The van der Waals surface area contributed by atoms with Gasteiger partial charge in [-0.3, -0.25) is 14.6 Å². The first-order valence-electron chi connectivity index (χ1n) is 7.22. The SMILES string of the molecule is O=C(NCc1cccnc1)[C@H]1CCC(=O)N1Cc1cccs1. The van der Waals surface area contributed by atoms with E-state index in [2.05, 4.69) is 10.3 Å². The van der Waals surface area contributed by atoms with Crippen LogP contribution in [0.25, 0.3) is 0 Å². The normalized spacial score (nSPS) is 17.7. The average Bonchev–Trinajstić information content (AvgIpc) is 3.17. The van der Waals surface area contributed by atoms with E-state index in [1.807, 2.05) is 29.6 Å². The van der Waals surface area contributed by atoms with Crippen LogP contribution in [0.3, 0.4) is 0 Å². The third-order valence-corrected chi connectivity index (χ3v) is 4.59. The molecule has 1 saturated heterocycles. The fourth-order valence-electron chi connectivity index (χ4n) is 2.58. The zero-order chi connectivity index (χ0) is 15.4. The highest BCUT2D eigenvalue weighted by molar-refractivity contribution is 7.09. The van der Waals surface area contributed by atoms with Gasteiger partial charge < -0.3 is 10.2 Å². The number of pyridine rings is 1. The molecule has 0 radical (unpaired) electrons. The molecule has 114 valence electrons. The maximum atomic E-state index is 12.4. The molecule has 0 saturated carbocycles. The van der Waals surface area contributed by atoms with Crippen molar-refractivity contribution in [2.24, 2.45) is 0 Å². The van der Waals surface area contributed by atoms with Crippen LogP contribution in [0.15, 0.2) is 42.0 Å². The number of thiophene rings is 1. The summed E-state index contributed by atoms with van der Waals surface area (Å²) in [5.74, 6) is -0.0406. The van der Waals surface area contributed by atoms with Crippen molar-refractivity contribution >= 4 is 23.2 Å². The number of nitrogens with one attached hydrogen (secondary N) is 1. The Morgan fingerprint density at radius 3 is 3.05 bits per heavy atom. The van der Waals surface area contributed by atoms with Gasteiger partial charge in [0.25, 0.3) is 0 Å². The molecule has 0 aliphatic carbocycles. The van der Waals surface area contributed by atoms with E-state index < -0.39 is 0 Å². The lowest BCUT2D eigenvalue weighted by Crippen LogP contribution is -2.44. The van der Waals surface area contributed by atoms with Crippen LogP contribution in [-0.2, 0) is 22.7 Å². The van der Waals surface area contributed by atoms with Crippen molar-refractivity contribution in [3.05, 3.63) is 52.5 Å². The zero-order valence-corrected chi connectivity index (χ0v) is 12.9. The van der Waals surface area contributed by atoms with Crippen molar-refractivity contribution in [1.29, 1.82) is 0 Å². The molecule has 0 aromatic carbocycles. The maximum absolute atomic E-state index is 12.4. The Kier molecular flexibility index (Phi) is 4.48. The molecule has 0 bridgehead atoms. The first-order valence-corrected chi connectivity index (χ1v) is 8.10. The average molecular weight is 315 g/mol. The van der Waals surface area contributed by atoms with E-state index in [4.69, 9.17) is 0 Å². The second-order valence-corrected chi connectivity index (χ2v) is 6.27. The molecule has 1 aliphatic rings. The van der Waals surface area contributed by atoms with Crippen LogP contribution >= 0.6 is 11.3 Å². The summed E-state index contributed by atoms with van der Waals surface area (Å²) in [5.41, 5.74) is 0.949. The molecule has 1 atom stereocenters. The molecule has 2 aromatic rings. The van der Waals surface area contributed by atoms with E-state index in [1.165, 1.54) is 0 Å². The van der Waals surface area contributed by atoms with E-state index in [-0.39, 0.29) is 17.9 Å². The number of carbonyl (C=O) groups excluding carboxylic acids is 2. The lowest BCUT2D eigenvalue weighted by molar-refractivity contribution is -0.135. The Hall–Kier alpha value is -2.21. The van der Waals surface area contributed by atoms with Gasteiger partial charge >= 0.3 is 0 Å². The number of hydrogen-bond donors (Lipinski definition) is 1. The van der Waals surface area contributed by atoms with Gasteiger partial charge in [0.2, 0.25) is 11.8 Å². The summed E-state index contributed by atoms with van der Waals surface area (Å²) in [6.07, 6.45) is 4.45. The van der Waals surface area contributed by atoms with Crippen LogP contribution in [-0.4, -0.2) is 27.7 Å². The summed E-state index contributed by atoms with van der Waals surface area (Å²) < 4.78 is 0. The van der Waals surface area contributed by atoms with Crippen molar-refractivity contribution < 1.29 is 9.59 Å². The second-order valence-electron chi connectivity index (χ2n) is 5.23. The molecule has 0 unspecified atom stereocenters. The second kappa shape index (κ2) is 6.70. The lowest BCUT2D eigenvalue weighted by atomic mass is 10.2. The minimum absolute atomic E-state index is 0.0509. The summed E-state index contributed by atoms with van der Waals surface area (Å²) in [5, 5.41) is 4.88. The molecule has 0 spiro atoms. The molecular weight excluding hydrogens is 298 g/mol. The minimum Gasteiger partial charge on any atom is -0.350 e. The zero-order valence-electron chi connectivity index (χ0n) is 12.1. The van der Waals surface area contributed by atoms with Crippen molar-refractivity contribution in [2.45, 2.75) is 32.0 Å². The van der Waals surface area contributed by atoms with Crippen LogP contribution in [0.4, 0.5) is 0 Å². The van der Waals surface area contributed by atoms with E-state index in [0.29, 0.717) is 25.9 Å². The van der Waals surface area contributed by atoms with Crippen molar-refractivity contribution in [3.8, 4) is 0 Å². The molecule has 2 amide bonds. The van der Waals surface area contributed by atoms with E-state index in [1.54, 1.807) is 28.6 Å². The number of carbonyl (C=O) groups is 2. The highest BCUT2D eigenvalue weighted by atomic mass is 32.1. The lowest BCUT2D eigenvalue weighted by Gasteiger charge is -2.23. The van der Waals surface area contributed by atoms with Crippen LogP contribution in [0.2, 0.25) is 0 Å². The third kappa shape index (κ3) is 3.33. The molecule has 3 rings (SSSR count). The summed E-state index contributed by atoms with van der Waals surface area (Å²) in [4.78, 5) is 31.2. The Labute approximate surface area is 133 Å². The fourth-order valence-corrected chi connectivity index (χ4v) is 3.29. The van der Waals surface area contributed by atoms with Gasteiger partial charge in [-0.05, 0) is 29.5 Å². The van der Waals surface area contributed by atoms with Gasteiger partial charge in [-0.15, -0.1) is 11.3 Å². The molecule has 22 heavy (non-hydrogen) atoms. The van der Waals surface area contributed by atoms with Gasteiger partial charge in [0.1, 0.15) is 6.04 Å². The molecule has 5 nitrogen and oxygen atoms in total. The van der Waals surface area contributed by atoms with Gasteiger partial charge in [-0.1, -0.05) is 12.1 Å². The van der Waals surface area contributed by atoms with Gasteiger partial charge in [-0.2, -0.15) is 0 Å². The first kappa shape index (κ1) is 14.7. The predicted molar refractivity (Wildman–Crippen MR) is 84.0 cm³/mol. The number of amides is 2. The predicted octanol–water partition coefficient (Wildman–Crippen LogP) is 1.95. The highest BCUT2D eigenvalue weighted by Gasteiger charge is 2.35. The van der Waals surface area contributed by atoms with Gasteiger partial charge in [0.05, 0.1) is 6.54 Å². The summed E-state index contributed by atoms with van der Waals surface area (Å²) in [6, 6.07) is 7.32. The topological polar surface area (TPSA) is 62.3 Å². The van der Waals surface area contributed by atoms with Gasteiger partial charge in [0.15, 0.2) is 0 Å². The Balaban J connectivity index is 1.61. The minimum atomic E-state index is -0.369. The van der Waals surface area contributed by atoms with Crippen LogP contribution in [0.1, 0.15) is 23.3 Å². The fraction of sp³-hybridized carbons (Fsp3) is 0.312. The van der Waals surface area contributed by atoms with Gasteiger partial charge in [0, 0.05) is 30.2 Å². The van der Waals surface area contributed by atoms with Crippen molar-refractivity contribution in [3.63, 3.8) is 0 Å². The Bertz CT molecular complexity index is 643. The number of likely N-dealkylation sites (tertiary alicyclic amines) is 1. The van der Waals surface area contributed by atoms with Crippen LogP contribution in [0, 0.1) is 0 Å². The first-order chi connectivity index (χ1) is 10.7. The highest BCUT2D eigenvalue weighted by Crippen LogP contribution is 2.23. The van der Waals surface area contributed by atoms with E-state index in [9.17, 15) is 9.59 Å². The summed E-state index contributed by atoms with van der Waals surface area (Å²) in [7, 11) is 0. The number of nitrogens with zero attached hydrogens (tertiary/aromatic N) is 2. The number of rotatable bonds is 5. The maximum Gasteiger partial charge on any atom is 0.243 e. The summed E-state index contributed by atoms with van der Waals surface area (Å²) >= 11 is 1.60. The molecule has 1 fully saturated rings. The van der Waals surface area contributed by atoms with Crippen LogP contribution in [0.5, 0.6) is 0 Å². The number of hydrogen-bond acceptors (Lipinski definition) is 4. The molecule has 1 N–H and O–H groups in total. The quantitative estimate of drug-likeness (QED) is 0.917. The molecule has 2 aromatic heterocycles. The molecule has 3 heterocycles. The van der Waals surface area contributed by atoms with Crippen molar-refractivity contribution in [1.82, 2.24) is 15.2 Å². The largest absolute Gasteiger partial charge is 0.350 e. The molecule has 1 aliphatic heterocycles. The third-order valence-electron chi connectivity index (χ3n) is 3.73. The number of aromatic nitrogens is 1.